The molecule has 122 valence electrons. The van der Waals surface area contributed by atoms with Crippen molar-refractivity contribution in [3.05, 3.63) is 30.1 Å². The number of hydrogen-bond acceptors (Lipinski definition) is 2. The first-order valence-electron chi connectivity index (χ1n) is 8.05. The molecule has 1 heterocycles. The van der Waals surface area contributed by atoms with E-state index in [1.807, 2.05) is 0 Å². The topological polar surface area (TPSA) is 27.3 Å². The number of nitrogens with zero attached hydrogens (tertiary/aromatic N) is 1. The molecule has 1 aliphatic rings. The van der Waals surface area contributed by atoms with Crippen LogP contribution in [0, 0.1) is 17.7 Å². The van der Waals surface area contributed by atoms with Crippen molar-refractivity contribution in [2.24, 2.45) is 11.8 Å². The number of hydrogen-bond donors (Lipinski definition) is 2. The van der Waals surface area contributed by atoms with Gasteiger partial charge in [-0.25, -0.2) is 4.39 Å². The van der Waals surface area contributed by atoms with Gasteiger partial charge in [0.15, 0.2) is 5.11 Å². The molecule has 22 heavy (non-hydrogen) atoms. The molecule has 5 heteroatoms. The maximum absolute atomic E-state index is 13.1. The molecule has 1 aromatic carbocycles. The Bertz CT molecular complexity index is 485. The van der Waals surface area contributed by atoms with Gasteiger partial charge in [-0.1, -0.05) is 19.9 Å². The quantitative estimate of drug-likeness (QED) is 0.641. The van der Waals surface area contributed by atoms with E-state index in [2.05, 4.69) is 29.4 Å². The number of benzene rings is 1. The number of piperidine rings is 1. The van der Waals surface area contributed by atoms with Gasteiger partial charge in [0.1, 0.15) is 5.82 Å². The molecule has 0 aliphatic carbocycles. The monoisotopic (exact) mass is 323 g/mol. The fraction of sp³-hybridized carbons (Fsp3) is 0.588. The minimum Gasteiger partial charge on any atom is -0.362 e. The Hall–Kier alpha value is -1.20. The highest BCUT2D eigenvalue weighted by molar-refractivity contribution is 7.80. The highest BCUT2D eigenvalue weighted by Crippen LogP contribution is 2.20. The van der Waals surface area contributed by atoms with Gasteiger partial charge < -0.3 is 15.5 Å². The number of likely N-dealkylation sites (tertiary alicyclic amines) is 1. The van der Waals surface area contributed by atoms with Crippen molar-refractivity contribution in [1.82, 2.24) is 10.2 Å². The lowest BCUT2D eigenvalue weighted by molar-refractivity contribution is 0.140. The van der Waals surface area contributed by atoms with Crippen LogP contribution in [0.4, 0.5) is 10.1 Å². The van der Waals surface area contributed by atoms with E-state index < -0.39 is 0 Å². The van der Waals surface area contributed by atoms with E-state index in [0.717, 1.165) is 31.3 Å². The number of halogens is 1. The SMILES string of the molecule is C[C@@H]1C[C@@H](C)CN(CCCNC(=S)Nc2cccc(F)c2)C1. The predicted octanol–water partition coefficient (Wildman–Crippen LogP) is 3.48. The lowest BCUT2D eigenvalue weighted by Crippen LogP contribution is -2.40. The van der Waals surface area contributed by atoms with Crippen LogP contribution in [0.3, 0.4) is 0 Å². The molecule has 2 rings (SSSR count). The number of rotatable bonds is 5. The Labute approximate surface area is 138 Å². The molecule has 1 fully saturated rings. The molecule has 2 N–H and O–H groups in total. The molecule has 1 aromatic rings. The van der Waals surface area contributed by atoms with E-state index in [4.69, 9.17) is 12.2 Å². The van der Waals surface area contributed by atoms with Crippen LogP contribution in [-0.4, -0.2) is 36.2 Å². The summed E-state index contributed by atoms with van der Waals surface area (Å²) in [6.45, 7) is 9.01. The summed E-state index contributed by atoms with van der Waals surface area (Å²) in [5.41, 5.74) is 0.677. The van der Waals surface area contributed by atoms with Crippen molar-refractivity contribution in [1.29, 1.82) is 0 Å². The van der Waals surface area contributed by atoms with Gasteiger partial charge in [0.2, 0.25) is 0 Å². The molecule has 0 unspecified atom stereocenters. The average Bonchev–Trinajstić information content (AvgIpc) is 2.42. The van der Waals surface area contributed by atoms with Crippen LogP contribution in [0.1, 0.15) is 26.7 Å². The fourth-order valence-corrected chi connectivity index (χ4v) is 3.44. The standard InChI is InChI=1S/C17H26FN3S/c1-13-9-14(2)12-21(11-13)8-4-7-19-17(22)20-16-6-3-5-15(18)10-16/h3,5-6,10,13-14H,4,7-9,11-12H2,1-2H3,(H2,19,20,22)/t13-,14-/m1/s1. The van der Waals surface area contributed by atoms with Gasteiger partial charge in [-0.15, -0.1) is 0 Å². The van der Waals surface area contributed by atoms with E-state index >= 15 is 0 Å². The first-order valence-corrected chi connectivity index (χ1v) is 8.46. The Morgan fingerprint density at radius 3 is 2.73 bits per heavy atom. The van der Waals surface area contributed by atoms with Gasteiger partial charge in [0, 0.05) is 25.3 Å². The summed E-state index contributed by atoms with van der Waals surface area (Å²) in [6, 6.07) is 6.32. The average molecular weight is 323 g/mol. The van der Waals surface area contributed by atoms with Gasteiger partial charge in [-0.05, 0) is 61.6 Å². The summed E-state index contributed by atoms with van der Waals surface area (Å²) in [6.07, 6.45) is 2.40. The fourth-order valence-electron chi connectivity index (χ4n) is 3.22. The highest BCUT2D eigenvalue weighted by atomic mass is 32.1. The first kappa shape index (κ1) is 17.2. The third kappa shape index (κ3) is 5.89. The van der Waals surface area contributed by atoms with Crippen molar-refractivity contribution >= 4 is 23.0 Å². The van der Waals surface area contributed by atoms with Crippen molar-refractivity contribution in [3.8, 4) is 0 Å². The third-order valence-electron chi connectivity index (χ3n) is 3.96. The zero-order chi connectivity index (χ0) is 15.9. The molecule has 3 nitrogen and oxygen atoms in total. The summed E-state index contributed by atoms with van der Waals surface area (Å²) in [4.78, 5) is 2.55. The predicted molar refractivity (Wildman–Crippen MR) is 94.6 cm³/mol. The normalized spacial score (nSPS) is 22.3. The summed E-state index contributed by atoms with van der Waals surface area (Å²) in [7, 11) is 0. The summed E-state index contributed by atoms with van der Waals surface area (Å²) in [5, 5.41) is 6.73. The number of thiocarbonyl (C=S) groups is 1. The summed E-state index contributed by atoms with van der Waals surface area (Å²) in [5.74, 6) is 1.33. The molecule has 0 saturated carbocycles. The molecular formula is C17H26FN3S. The van der Waals surface area contributed by atoms with Crippen LogP contribution in [0.5, 0.6) is 0 Å². The van der Waals surface area contributed by atoms with Crippen LogP contribution >= 0.6 is 12.2 Å². The molecule has 0 bridgehead atoms. The lowest BCUT2D eigenvalue weighted by Gasteiger charge is -2.34. The van der Waals surface area contributed by atoms with E-state index in [-0.39, 0.29) is 5.82 Å². The maximum Gasteiger partial charge on any atom is 0.170 e. The zero-order valence-corrected chi connectivity index (χ0v) is 14.3. The third-order valence-corrected chi connectivity index (χ3v) is 4.21. The Morgan fingerprint density at radius 2 is 2.05 bits per heavy atom. The highest BCUT2D eigenvalue weighted by Gasteiger charge is 2.20. The molecule has 0 aromatic heterocycles. The van der Waals surface area contributed by atoms with Crippen molar-refractivity contribution in [2.75, 3.05) is 31.5 Å². The molecular weight excluding hydrogens is 297 g/mol. The van der Waals surface area contributed by atoms with Gasteiger partial charge in [-0.3, -0.25) is 0 Å². The van der Waals surface area contributed by atoms with Gasteiger partial charge in [0.25, 0.3) is 0 Å². The smallest absolute Gasteiger partial charge is 0.170 e. The zero-order valence-electron chi connectivity index (χ0n) is 13.4. The second-order valence-corrected chi connectivity index (χ2v) is 6.86. The van der Waals surface area contributed by atoms with Crippen molar-refractivity contribution in [3.63, 3.8) is 0 Å². The molecule has 2 atom stereocenters. The number of nitrogens with one attached hydrogen (secondary N) is 2. The Kier molecular flexibility index (Phi) is 6.58. The van der Waals surface area contributed by atoms with Crippen LogP contribution < -0.4 is 10.6 Å². The number of anilines is 1. The lowest BCUT2D eigenvalue weighted by atomic mass is 9.92. The molecule has 0 radical (unpaired) electrons. The van der Waals surface area contributed by atoms with Crippen molar-refractivity contribution < 1.29 is 4.39 Å². The molecule has 0 spiro atoms. The first-order chi connectivity index (χ1) is 10.5. The van der Waals surface area contributed by atoms with Gasteiger partial charge in [-0.2, -0.15) is 0 Å². The molecule has 0 amide bonds. The minimum atomic E-state index is -0.263. The van der Waals surface area contributed by atoms with E-state index in [1.54, 1.807) is 12.1 Å². The second-order valence-electron chi connectivity index (χ2n) is 6.45. The van der Waals surface area contributed by atoms with Crippen LogP contribution in [0.25, 0.3) is 0 Å². The van der Waals surface area contributed by atoms with E-state index in [1.165, 1.54) is 31.6 Å². The van der Waals surface area contributed by atoms with Crippen molar-refractivity contribution in [2.45, 2.75) is 26.7 Å². The Balaban J connectivity index is 1.63. The second kappa shape index (κ2) is 8.44. The molecule has 1 saturated heterocycles. The van der Waals surface area contributed by atoms with Crippen LogP contribution in [0.2, 0.25) is 0 Å². The van der Waals surface area contributed by atoms with E-state index in [0.29, 0.717) is 10.8 Å². The maximum atomic E-state index is 13.1. The van der Waals surface area contributed by atoms with Crippen LogP contribution in [-0.2, 0) is 0 Å². The summed E-state index contributed by atoms with van der Waals surface area (Å²) >= 11 is 5.23. The van der Waals surface area contributed by atoms with Gasteiger partial charge >= 0.3 is 0 Å². The largest absolute Gasteiger partial charge is 0.362 e. The van der Waals surface area contributed by atoms with E-state index in [9.17, 15) is 4.39 Å². The Morgan fingerprint density at radius 1 is 1.32 bits per heavy atom. The molecule has 1 aliphatic heterocycles. The summed E-state index contributed by atoms with van der Waals surface area (Å²) < 4.78 is 13.1. The van der Waals surface area contributed by atoms with Crippen LogP contribution in [0.15, 0.2) is 24.3 Å². The van der Waals surface area contributed by atoms with Gasteiger partial charge in [0.05, 0.1) is 0 Å². The minimum absolute atomic E-state index is 0.263.